The van der Waals surface area contributed by atoms with Crippen LogP contribution in [0.25, 0.3) is 0 Å². The number of nitrogens with zero attached hydrogens (tertiary/aromatic N) is 1. The molecule has 1 amide bonds. The minimum Gasteiger partial charge on any atom is -0.342 e. The van der Waals surface area contributed by atoms with Crippen molar-refractivity contribution in [3.63, 3.8) is 0 Å². The van der Waals surface area contributed by atoms with Gasteiger partial charge in [0.2, 0.25) is 5.91 Å². The van der Waals surface area contributed by atoms with Gasteiger partial charge in [-0.25, -0.2) is 0 Å². The predicted octanol–water partition coefficient (Wildman–Crippen LogP) is 3.33. The van der Waals surface area contributed by atoms with Crippen molar-refractivity contribution >= 4 is 5.91 Å². The quantitative estimate of drug-likeness (QED) is 0.862. The fourth-order valence-electron chi connectivity index (χ4n) is 4.89. The highest BCUT2D eigenvalue weighted by Crippen LogP contribution is 2.32. The Balaban J connectivity index is 1.51. The third-order valence-electron chi connectivity index (χ3n) is 6.18. The summed E-state index contributed by atoms with van der Waals surface area (Å²) in [6.07, 6.45) is 12.9. The van der Waals surface area contributed by atoms with Crippen molar-refractivity contribution in [1.82, 2.24) is 10.2 Å². The van der Waals surface area contributed by atoms with Gasteiger partial charge in [-0.3, -0.25) is 4.79 Å². The standard InChI is InChI=1S/C18H32N2O/c1-13(10-14-6-4-3-5-7-14)18(21)20(2)17-11-15-8-9-16(12-17)19-15/h13-17,19H,3-12H2,1-2H3. The summed E-state index contributed by atoms with van der Waals surface area (Å²) < 4.78 is 0. The van der Waals surface area contributed by atoms with Crippen LogP contribution in [0.5, 0.6) is 0 Å². The number of carbonyl (C=O) groups is 1. The number of hydrogen-bond acceptors (Lipinski definition) is 2. The Bertz CT molecular complexity index is 352. The lowest BCUT2D eigenvalue weighted by molar-refractivity contribution is -0.137. The van der Waals surface area contributed by atoms with Crippen LogP contribution in [0.4, 0.5) is 0 Å². The van der Waals surface area contributed by atoms with Gasteiger partial charge >= 0.3 is 0 Å². The molecule has 2 saturated heterocycles. The van der Waals surface area contributed by atoms with Crippen molar-refractivity contribution < 1.29 is 4.79 Å². The molecular formula is C18H32N2O. The van der Waals surface area contributed by atoms with E-state index >= 15 is 0 Å². The number of piperidine rings is 1. The first-order valence-corrected chi connectivity index (χ1v) is 9.16. The fourth-order valence-corrected chi connectivity index (χ4v) is 4.89. The largest absolute Gasteiger partial charge is 0.342 e. The van der Waals surface area contributed by atoms with E-state index in [1.165, 1.54) is 44.9 Å². The average Bonchev–Trinajstić information content (AvgIpc) is 2.85. The van der Waals surface area contributed by atoms with Crippen LogP contribution in [-0.2, 0) is 4.79 Å². The second kappa shape index (κ2) is 6.68. The number of hydrogen-bond donors (Lipinski definition) is 1. The summed E-state index contributed by atoms with van der Waals surface area (Å²) in [6.45, 7) is 2.16. The monoisotopic (exact) mass is 292 g/mol. The lowest BCUT2D eigenvalue weighted by atomic mass is 9.82. The third kappa shape index (κ3) is 3.61. The molecule has 1 N–H and O–H groups in total. The molecule has 0 aromatic carbocycles. The highest BCUT2D eigenvalue weighted by molar-refractivity contribution is 5.78. The zero-order chi connectivity index (χ0) is 14.8. The van der Waals surface area contributed by atoms with Crippen LogP contribution in [-0.4, -0.2) is 36.0 Å². The number of nitrogens with one attached hydrogen (secondary N) is 1. The Morgan fingerprint density at radius 2 is 1.71 bits per heavy atom. The highest BCUT2D eigenvalue weighted by Gasteiger charge is 2.37. The number of fused-ring (bicyclic) bond motifs is 2. The van der Waals surface area contributed by atoms with Gasteiger partial charge in [0.25, 0.3) is 0 Å². The molecular weight excluding hydrogens is 260 g/mol. The molecule has 1 aliphatic carbocycles. The first kappa shape index (κ1) is 15.3. The lowest BCUT2D eigenvalue weighted by Crippen LogP contribution is -2.50. The molecule has 3 nitrogen and oxygen atoms in total. The van der Waals surface area contributed by atoms with Crippen molar-refractivity contribution in [2.75, 3.05) is 7.05 Å². The van der Waals surface area contributed by atoms with Crippen LogP contribution < -0.4 is 5.32 Å². The highest BCUT2D eigenvalue weighted by atomic mass is 16.2. The molecule has 1 saturated carbocycles. The molecule has 3 unspecified atom stereocenters. The molecule has 2 bridgehead atoms. The van der Waals surface area contributed by atoms with Crippen LogP contribution in [0.1, 0.15) is 71.1 Å². The van der Waals surface area contributed by atoms with Gasteiger partial charge in [-0.1, -0.05) is 39.0 Å². The Morgan fingerprint density at radius 1 is 1.10 bits per heavy atom. The number of amides is 1. The van der Waals surface area contributed by atoms with Crippen molar-refractivity contribution in [3.8, 4) is 0 Å². The van der Waals surface area contributed by atoms with Gasteiger partial charge in [-0.2, -0.15) is 0 Å². The Hall–Kier alpha value is -0.570. The summed E-state index contributed by atoms with van der Waals surface area (Å²) >= 11 is 0. The van der Waals surface area contributed by atoms with E-state index in [1.54, 1.807) is 0 Å². The second-order valence-electron chi connectivity index (χ2n) is 7.85. The molecule has 2 aliphatic heterocycles. The molecule has 3 aliphatic rings. The predicted molar refractivity (Wildman–Crippen MR) is 86.1 cm³/mol. The van der Waals surface area contributed by atoms with Gasteiger partial charge in [-0.05, 0) is 38.0 Å². The van der Waals surface area contributed by atoms with Gasteiger partial charge in [0, 0.05) is 31.1 Å². The fraction of sp³-hybridized carbons (Fsp3) is 0.944. The van der Waals surface area contributed by atoms with Crippen LogP contribution in [0.2, 0.25) is 0 Å². The third-order valence-corrected chi connectivity index (χ3v) is 6.18. The van der Waals surface area contributed by atoms with E-state index in [0.29, 0.717) is 24.0 Å². The Labute approximate surface area is 129 Å². The summed E-state index contributed by atoms with van der Waals surface area (Å²) in [5.41, 5.74) is 0. The maximum Gasteiger partial charge on any atom is 0.225 e. The van der Waals surface area contributed by atoms with Crippen molar-refractivity contribution in [2.24, 2.45) is 11.8 Å². The Kier molecular flexibility index (Phi) is 4.88. The maximum atomic E-state index is 12.8. The lowest BCUT2D eigenvalue weighted by Gasteiger charge is -2.37. The molecule has 0 radical (unpaired) electrons. The van der Waals surface area contributed by atoms with Gasteiger partial charge < -0.3 is 10.2 Å². The molecule has 2 heterocycles. The summed E-state index contributed by atoms with van der Waals surface area (Å²) in [7, 11) is 2.05. The van der Waals surface area contributed by atoms with Crippen molar-refractivity contribution in [1.29, 1.82) is 0 Å². The first-order chi connectivity index (χ1) is 10.1. The van der Waals surface area contributed by atoms with Crippen molar-refractivity contribution in [3.05, 3.63) is 0 Å². The number of rotatable bonds is 4. The van der Waals surface area contributed by atoms with Gasteiger partial charge in [0.1, 0.15) is 0 Å². The summed E-state index contributed by atoms with van der Waals surface area (Å²) in [5.74, 6) is 1.41. The van der Waals surface area contributed by atoms with E-state index in [4.69, 9.17) is 0 Å². The van der Waals surface area contributed by atoms with Crippen molar-refractivity contribution in [2.45, 2.75) is 89.3 Å². The average molecular weight is 292 g/mol. The minimum atomic E-state index is 0.214. The van der Waals surface area contributed by atoms with Crippen LogP contribution in [0.15, 0.2) is 0 Å². The zero-order valence-electron chi connectivity index (χ0n) is 13.8. The molecule has 0 spiro atoms. The van der Waals surface area contributed by atoms with E-state index in [0.717, 1.165) is 25.2 Å². The molecule has 0 aromatic rings. The number of carbonyl (C=O) groups excluding carboxylic acids is 1. The van der Waals surface area contributed by atoms with Gasteiger partial charge in [0.05, 0.1) is 0 Å². The Morgan fingerprint density at radius 3 is 2.33 bits per heavy atom. The van der Waals surface area contributed by atoms with Gasteiger partial charge in [0.15, 0.2) is 0 Å². The topological polar surface area (TPSA) is 32.3 Å². The molecule has 120 valence electrons. The van der Waals surface area contributed by atoms with E-state index < -0.39 is 0 Å². The molecule has 21 heavy (non-hydrogen) atoms. The molecule has 3 atom stereocenters. The van der Waals surface area contributed by atoms with Crippen LogP contribution in [0.3, 0.4) is 0 Å². The van der Waals surface area contributed by atoms with Crippen LogP contribution in [0, 0.1) is 11.8 Å². The molecule has 3 fully saturated rings. The molecule has 3 rings (SSSR count). The second-order valence-corrected chi connectivity index (χ2v) is 7.85. The minimum absolute atomic E-state index is 0.214. The van der Waals surface area contributed by atoms with E-state index in [2.05, 4.69) is 24.2 Å². The normalized spacial score (nSPS) is 34.7. The molecule has 0 aromatic heterocycles. The summed E-state index contributed by atoms with van der Waals surface area (Å²) in [5, 5.41) is 3.67. The summed E-state index contributed by atoms with van der Waals surface area (Å²) in [4.78, 5) is 14.9. The first-order valence-electron chi connectivity index (χ1n) is 9.16. The maximum absolute atomic E-state index is 12.8. The van der Waals surface area contributed by atoms with E-state index in [1.807, 2.05) is 0 Å². The SMILES string of the molecule is CC(CC1CCCCC1)C(=O)N(C)C1CC2CCC(C1)N2. The van der Waals surface area contributed by atoms with E-state index in [-0.39, 0.29) is 5.92 Å². The molecule has 3 heteroatoms. The smallest absolute Gasteiger partial charge is 0.225 e. The van der Waals surface area contributed by atoms with Crippen LogP contribution >= 0.6 is 0 Å². The van der Waals surface area contributed by atoms with E-state index in [9.17, 15) is 4.79 Å². The zero-order valence-corrected chi connectivity index (χ0v) is 13.8. The van der Waals surface area contributed by atoms with Gasteiger partial charge in [-0.15, -0.1) is 0 Å². The summed E-state index contributed by atoms with van der Waals surface area (Å²) in [6, 6.07) is 1.81.